The van der Waals surface area contributed by atoms with Gasteiger partial charge >= 0.3 is 0 Å². The van der Waals surface area contributed by atoms with Gasteiger partial charge in [0.1, 0.15) is 0 Å². The van der Waals surface area contributed by atoms with Crippen molar-refractivity contribution < 1.29 is 0 Å². The average Bonchev–Trinajstić information content (AvgIpc) is 2.74. The van der Waals surface area contributed by atoms with Gasteiger partial charge in [-0.05, 0) is 36.4 Å². The third kappa shape index (κ3) is 2.22. The number of aromatic nitrogens is 1. The zero-order chi connectivity index (χ0) is 10.7. The van der Waals surface area contributed by atoms with Crippen LogP contribution in [-0.2, 0) is 6.54 Å². The number of benzene rings is 1. The normalized spacial score (nSPS) is 10.5. The maximum atomic E-state index is 6.17. The Morgan fingerprint density at radius 3 is 2.80 bits per heavy atom. The first kappa shape index (κ1) is 10.3. The molecule has 78 valence electrons. The van der Waals surface area contributed by atoms with Crippen molar-refractivity contribution in [3.05, 3.63) is 47.1 Å². The first-order chi connectivity index (χ1) is 7.31. The van der Waals surface area contributed by atoms with Gasteiger partial charge in [-0.15, -0.1) is 0 Å². The minimum atomic E-state index is 0.795. The van der Waals surface area contributed by atoms with Crippen molar-refractivity contribution in [2.45, 2.75) is 6.54 Å². The number of nitrogens with one attached hydrogen (secondary N) is 2. The molecule has 0 radical (unpaired) electrons. The number of rotatable bonds is 3. The van der Waals surface area contributed by atoms with Crippen molar-refractivity contribution in [1.29, 1.82) is 0 Å². The Labute approximate surface area is 94.3 Å². The molecular weight excluding hydrogens is 208 g/mol. The molecule has 0 aliphatic rings. The van der Waals surface area contributed by atoms with Crippen molar-refractivity contribution in [2.75, 3.05) is 7.05 Å². The van der Waals surface area contributed by atoms with Crippen LogP contribution in [0.15, 0.2) is 36.5 Å². The van der Waals surface area contributed by atoms with Crippen molar-refractivity contribution in [3.8, 4) is 11.3 Å². The van der Waals surface area contributed by atoms with Crippen LogP contribution in [0.25, 0.3) is 11.3 Å². The van der Waals surface area contributed by atoms with Crippen LogP contribution in [0, 0.1) is 0 Å². The summed E-state index contributed by atoms with van der Waals surface area (Å²) in [5.41, 5.74) is 3.33. The fourth-order valence-corrected chi connectivity index (χ4v) is 1.81. The van der Waals surface area contributed by atoms with Crippen molar-refractivity contribution in [2.24, 2.45) is 0 Å². The number of hydrogen-bond donors (Lipinski definition) is 2. The number of aromatic amines is 1. The molecule has 0 unspecified atom stereocenters. The molecule has 15 heavy (non-hydrogen) atoms. The van der Waals surface area contributed by atoms with Gasteiger partial charge in [-0.3, -0.25) is 0 Å². The molecule has 0 saturated heterocycles. The van der Waals surface area contributed by atoms with E-state index in [9.17, 15) is 0 Å². The fourth-order valence-electron chi connectivity index (χ4n) is 1.56. The zero-order valence-corrected chi connectivity index (χ0v) is 9.31. The van der Waals surface area contributed by atoms with E-state index in [1.807, 2.05) is 31.4 Å². The summed E-state index contributed by atoms with van der Waals surface area (Å²) in [6.45, 7) is 0.795. The molecular formula is C12H13ClN2. The highest BCUT2D eigenvalue weighted by Crippen LogP contribution is 2.24. The van der Waals surface area contributed by atoms with Gasteiger partial charge in [0.2, 0.25) is 0 Å². The third-order valence-electron chi connectivity index (χ3n) is 2.33. The summed E-state index contributed by atoms with van der Waals surface area (Å²) in [7, 11) is 1.91. The highest BCUT2D eigenvalue weighted by Gasteiger charge is 2.03. The van der Waals surface area contributed by atoms with Gasteiger partial charge in [-0.25, -0.2) is 0 Å². The minimum absolute atomic E-state index is 0.795. The maximum absolute atomic E-state index is 6.17. The van der Waals surface area contributed by atoms with Crippen LogP contribution in [0.4, 0.5) is 0 Å². The van der Waals surface area contributed by atoms with Crippen molar-refractivity contribution >= 4 is 11.6 Å². The first-order valence-electron chi connectivity index (χ1n) is 4.88. The lowest BCUT2D eigenvalue weighted by Crippen LogP contribution is -2.05. The van der Waals surface area contributed by atoms with E-state index in [-0.39, 0.29) is 0 Å². The van der Waals surface area contributed by atoms with E-state index in [4.69, 9.17) is 11.6 Å². The van der Waals surface area contributed by atoms with Crippen LogP contribution in [0.2, 0.25) is 5.02 Å². The molecule has 2 rings (SSSR count). The fraction of sp³-hybridized carbons (Fsp3) is 0.167. The Balaban J connectivity index is 2.33. The van der Waals surface area contributed by atoms with E-state index < -0.39 is 0 Å². The average molecular weight is 221 g/mol. The third-order valence-corrected chi connectivity index (χ3v) is 2.68. The Bertz CT molecular complexity index is 435. The van der Waals surface area contributed by atoms with Gasteiger partial charge in [0.15, 0.2) is 0 Å². The molecule has 2 aromatic rings. The van der Waals surface area contributed by atoms with Crippen LogP contribution in [0.1, 0.15) is 5.56 Å². The SMILES string of the molecule is CNCc1ccc(-c2ccc[nH]2)cc1Cl. The van der Waals surface area contributed by atoms with Gasteiger partial charge in [0.25, 0.3) is 0 Å². The second-order valence-corrected chi connectivity index (χ2v) is 3.83. The van der Waals surface area contributed by atoms with E-state index in [2.05, 4.69) is 22.4 Å². The zero-order valence-electron chi connectivity index (χ0n) is 8.55. The molecule has 2 nitrogen and oxygen atoms in total. The van der Waals surface area contributed by atoms with Gasteiger partial charge < -0.3 is 10.3 Å². The quantitative estimate of drug-likeness (QED) is 0.818. The second kappa shape index (κ2) is 4.51. The molecule has 3 heteroatoms. The van der Waals surface area contributed by atoms with Gasteiger partial charge in [-0.2, -0.15) is 0 Å². The van der Waals surface area contributed by atoms with Crippen LogP contribution in [0.3, 0.4) is 0 Å². The van der Waals surface area contributed by atoms with E-state index in [0.717, 1.165) is 28.4 Å². The molecule has 0 bridgehead atoms. The molecule has 0 amide bonds. The van der Waals surface area contributed by atoms with Gasteiger partial charge in [0, 0.05) is 23.5 Å². The summed E-state index contributed by atoms with van der Waals surface area (Å²) in [4.78, 5) is 3.16. The van der Waals surface area contributed by atoms with E-state index in [1.165, 1.54) is 0 Å². The smallest absolute Gasteiger partial charge is 0.0457 e. The van der Waals surface area contributed by atoms with E-state index in [1.54, 1.807) is 0 Å². The lowest BCUT2D eigenvalue weighted by molar-refractivity contribution is 0.818. The van der Waals surface area contributed by atoms with Crippen LogP contribution < -0.4 is 5.32 Å². The monoisotopic (exact) mass is 220 g/mol. The van der Waals surface area contributed by atoms with Gasteiger partial charge in [-0.1, -0.05) is 23.7 Å². The van der Waals surface area contributed by atoms with E-state index >= 15 is 0 Å². The molecule has 0 aliphatic heterocycles. The first-order valence-corrected chi connectivity index (χ1v) is 5.26. The minimum Gasteiger partial charge on any atom is -0.361 e. The molecule has 1 aromatic carbocycles. The Morgan fingerprint density at radius 1 is 1.33 bits per heavy atom. The summed E-state index contributed by atoms with van der Waals surface area (Å²) in [6.07, 6.45) is 1.91. The standard InChI is InChI=1S/C12H13ClN2/c1-14-8-10-5-4-9(7-11(10)13)12-3-2-6-15-12/h2-7,14-15H,8H2,1H3. The molecule has 0 aliphatic carbocycles. The Kier molecular flexibility index (Phi) is 3.09. The Morgan fingerprint density at radius 2 is 2.20 bits per heavy atom. The molecule has 0 spiro atoms. The Hall–Kier alpha value is -1.25. The second-order valence-electron chi connectivity index (χ2n) is 3.42. The summed E-state index contributed by atoms with van der Waals surface area (Å²) >= 11 is 6.17. The topological polar surface area (TPSA) is 27.8 Å². The predicted molar refractivity (Wildman–Crippen MR) is 64.0 cm³/mol. The summed E-state index contributed by atoms with van der Waals surface area (Å²) in [6, 6.07) is 10.1. The number of hydrogen-bond acceptors (Lipinski definition) is 1. The van der Waals surface area contributed by atoms with Crippen LogP contribution in [0.5, 0.6) is 0 Å². The molecule has 0 atom stereocenters. The lowest BCUT2D eigenvalue weighted by atomic mass is 10.1. The lowest BCUT2D eigenvalue weighted by Gasteiger charge is -2.05. The van der Waals surface area contributed by atoms with E-state index in [0.29, 0.717) is 0 Å². The largest absolute Gasteiger partial charge is 0.361 e. The highest BCUT2D eigenvalue weighted by atomic mass is 35.5. The molecule has 0 saturated carbocycles. The maximum Gasteiger partial charge on any atom is 0.0457 e. The predicted octanol–water partition coefficient (Wildman–Crippen LogP) is 3.05. The summed E-state index contributed by atoms with van der Waals surface area (Å²) < 4.78 is 0. The summed E-state index contributed by atoms with van der Waals surface area (Å²) in [5.74, 6) is 0. The van der Waals surface area contributed by atoms with Crippen molar-refractivity contribution in [3.63, 3.8) is 0 Å². The van der Waals surface area contributed by atoms with Gasteiger partial charge in [0.05, 0.1) is 0 Å². The summed E-state index contributed by atoms with van der Waals surface area (Å²) in [5, 5.41) is 3.89. The molecule has 1 aromatic heterocycles. The molecule has 0 fully saturated rings. The number of H-pyrrole nitrogens is 1. The molecule has 1 heterocycles. The van der Waals surface area contributed by atoms with Crippen LogP contribution in [-0.4, -0.2) is 12.0 Å². The number of halogens is 1. The van der Waals surface area contributed by atoms with Crippen molar-refractivity contribution in [1.82, 2.24) is 10.3 Å². The highest BCUT2D eigenvalue weighted by molar-refractivity contribution is 6.31. The van der Waals surface area contributed by atoms with Crippen LogP contribution >= 0.6 is 11.6 Å². The molecule has 2 N–H and O–H groups in total.